The molecule has 2 aliphatic rings. The van der Waals surface area contributed by atoms with E-state index in [1.807, 2.05) is 12.1 Å². The van der Waals surface area contributed by atoms with Crippen molar-refractivity contribution in [2.45, 2.75) is 96.8 Å². The maximum absolute atomic E-state index is 12.0. The molecule has 35 heavy (non-hydrogen) atoms. The van der Waals surface area contributed by atoms with Crippen LogP contribution in [0.15, 0.2) is 36.4 Å². The Kier molecular flexibility index (Phi) is 11.2. The minimum atomic E-state index is -0.551. The lowest BCUT2D eigenvalue weighted by atomic mass is 9.68. The number of esters is 1. The number of ether oxygens (including phenoxy) is 2. The van der Waals surface area contributed by atoms with Crippen LogP contribution in [0.3, 0.4) is 0 Å². The van der Waals surface area contributed by atoms with Crippen molar-refractivity contribution in [3.63, 3.8) is 0 Å². The lowest BCUT2D eigenvalue weighted by Crippen LogP contribution is -2.30. The lowest BCUT2D eigenvalue weighted by Gasteiger charge is -2.38. The molecule has 0 spiro atoms. The maximum atomic E-state index is 12.0. The van der Waals surface area contributed by atoms with Gasteiger partial charge in [-0.3, -0.25) is 0 Å². The van der Waals surface area contributed by atoms with E-state index in [4.69, 9.17) is 9.47 Å². The SMILES string of the molecule is C=C(C)C(=O)OCCNC(=O)Oc1ccc(C2CCC(C3CCC(CCCCC)CC3)CC2)cc1. The molecule has 1 aromatic rings. The van der Waals surface area contributed by atoms with Crippen molar-refractivity contribution in [1.82, 2.24) is 5.32 Å². The van der Waals surface area contributed by atoms with E-state index in [0.29, 0.717) is 17.2 Å². The maximum Gasteiger partial charge on any atom is 0.412 e. The van der Waals surface area contributed by atoms with Gasteiger partial charge in [0.25, 0.3) is 0 Å². The first-order valence-electron chi connectivity index (χ1n) is 13.8. The van der Waals surface area contributed by atoms with Gasteiger partial charge >= 0.3 is 12.1 Å². The normalized spacial score (nSPS) is 24.4. The highest BCUT2D eigenvalue weighted by molar-refractivity contribution is 5.86. The lowest BCUT2D eigenvalue weighted by molar-refractivity contribution is -0.138. The molecule has 0 saturated heterocycles. The van der Waals surface area contributed by atoms with Crippen LogP contribution in [0.1, 0.15) is 102 Å². The second-order valence-electron chi connectivity index (χ2n) is 10.7. The third kappa shape index (κ3) is 9.01. The Hall–Kier alpha value is -2.30. The molecule has 0 unspecified atom stereocenters. The van der Waals surface area contributed by atoms with Gasteiger partial charge in [0.2, 0.25) is 0 Å². The van der Waals surface area contributed by atoms with Crippen molar-refractivity contribution in [3.05, 3.63) is 42.0 Å². The van der Waals surface area contributed by atoms with Crippen LogP contribution in [0, 0.1) is 17.8 Å². The van der Waals surface area contributed by atoms with Crippen molar-refractivity contribution >= 4 is 12.1 Å². The molecule has 1 aromatic carbocycles. The van der Waals surface area contributed by atoms with Crippen LogP contribution >= 0.6 is 0 Å². The highest BCUT2D eigenvalue weighted by Crippen LogP contribution is 2.44. The van der Waals surface area contributed by atoms with Crippen LogP contribution in [0.2, 0.25) is 0 Å². The van der Waals surface area contributed by atoms with Gasteiger partial charge in [0.05, 0.1) is 6.54 Å². The van der Waals surface area contributed by atoms with Gasteiger partial charge in [-0.25, -0.2) is 9.59 Å². The Morgan fingerprint density at radius 1 is 0.943 bits per heavy atom. The molecule has 5 nitrogen and oxygen atoms in total. The summed E-state index contributed by atoms with van der Waals surface area (Å²) in [5.74, 6) is 3.55. The van der Waals surface area contributed by atoms with Crippen LogP contribution in [-0.2, 0) is 9.53 Å². The molecular weight excluding hydrogens is 438 g/mol. The third-order valence-electron chi connectivity index (χ3n) is 8.06. The number of rotatable bonds is 11. The molecule has 2 aliphatic carbocycles. The fraction of sp³-hybridized carbons (Fsp3) is 0.667. The van der Waals surface area contributed by atoms with E-state index in [9.17, 15) is 9.59 Å². The zero-order valence-electron chi connectivity index (χ0n) is 21.9. The zero-order valence-corrected chi connectivity index (χ0v) is 21.9. The molecule has 2 fully saturated rings. The van der Waals surface area contributed by atoms with E-state index in [0.717, 1.165) is 17.8 Å². The molecule has 1 amide bonds. The Morgan fingerprint density at radius 2 is 1.57 bits per heavy atom. The molecule has 194 valence electrons. The summed E-state index contributed by atoms with van der Waals surface area (Å²) < 4.78 is 10.3. The van der Waals surface area contributed by atoms with E-state index >= 15 is 0 Å². The number of carbonyl (C=O) groups is 2. The average molecular weight is 484 g/mol. The summed E-state index contributed by atoms with van der Waals surface area (Å²) in [5.41, 5.74) is 1.68. The number of nitrogens with one attached hydrogen (secondary N) is 1. The largest absolute Gasteiger partial charge is 0.460 e. The molecule has 2 saturated carbocycles. The Labute approximate surface area is 212 Å². The minimum Gasteiger partial charge on any atom is -0.460 e. The quantitative estimate of drug-likeness (QED) is 0.200. The highest BCUT2D eigenvalue weighted by atomic mass is 16.6. The third-order valence-corrected chi connectivity index (χ3v) is 8.06. The van der Waals surface area contributed by atoms with Crippen molar-refractivity contribution in [1.29, 1.82) is 0 Å². The molecule has 0 aromatic heterocycles. The first-order valence-corrected chi connectivity index (χ1v) is 13.8. The summed E-state index contributed by atoms with van der Waals surface area (Å²) >= 11 is 0. The molecular formula is C30H45NO4. The molecule has 0 aliphatic heterocycles. The number of hydrogen-bond acceptors (Lipinski definition) is 4. The van der Waals surface area contributed by atoms with Crippen LogP contribution in [-0.4, -0.2) is 25.2 Å². The van der Waals surface area contributed by atoms with Crippen LogP contribution in [0.25, 0.3) is 0 Å². The molecule has 1 N–H and O–H groups in total. The Balaban J connectivity index is 1.34. The Bertz CT molecular complexity index is 802. The summed E-state index contributed by atoms with van der Waals surface area (Å²) in [7, 11) is 0. The van der Waals surface area contributed by atoms with Crippen LogP contribution < -0.4 is 10.1 Å². The molecule has 3 rings (SSSR count). The zero-order chi connectivity index (χ0) is 25.0. The first-order chi connectivity index (χ1) is 17.0. The van der Waals surface area contributed by atoms with Gasteiger partial charge in [-0.05, 0) is 86.8 Å². The van der Waals surface area contributed by atoms with Gasteiger partial charge in [-0.2, -0.15) is 0 Å². The molecule has 5 heteroatoms. The second kappa shape index (κ2) is 14.3. The van der Waals surface area contributed by atoms with E-state index in [-0.39, 0.29) is 13.2 Å². The van der Waals surface area contributed by atoms with E-state index < -0.39 is 12.1 Å². The highest BCUT2D eigenvalue weighted by Gasteiger charge is 2.31. The average Bonchev–Trinajstić information content (AvgIpc) is 2.87. The summed E-state index contributed by atoms with van der Waals surface area (Å²) in [6, 6.07) is 7.96. The Morgan fingerprint density at radius 3 is 2.17 bits per heavy atom. The van der Waals surface area contributed by atoms with Gasteiger partial charge in [-0.15, -0.1) is 0 Å². The van der Waals surface area contributed by atoms with Crippen molar-refractivity contribution in [3.8, 4) is 5.75 Å². The molecule has 0 heterocycles. The van der Waals surface area contributed by atoms with Crippen LogP contribution in [0.5, 0.6) is 5.75 Å². The van der Waals surface area contributed by atoms with Crippen molar-refractivity contribution < 1.29 is 19.1 Å². The predicted molar refractivity (Wildman–Crippen MR) is 141 cm³/mol. The molecule has 0 bridgehead atoms. The fourth-order valence-corrected chi connectivity index (χ4v) is 5.93. The predicted octanol–water partition coefficient (Wildman–Crippen LogP) is 7.55. The van der Waals surface area contributed by atoms with Crippen molar-refractivity contribution in [2.75, 3.05) is 13.2 Å². The van der Waals surface area contributed by atoms with Gasteiger partial charge in [0.1, 0.15) is 12.4 Å². The summed E-state index contributed by atoms with van der Waals surface area (Å²) in [5, 5.41) is 2.59. The van der Waals surface area contributed by atoms with Gasteiger partial charge in [-0.1, -0.05) is 64.2 Å². The summed E-state index contributed by atoms with van der Waals surface area (Å²) in [4.78, 5) is 23.3. The standard InChI is InChI=1S/C30H45NO4/c1-4-5-6-7-23-8-10-24(11-9-23)25-12-14-26(15-13-25)27-16-18-28(19-17-27)35-30(33)31-20-21-34-29(32)22(2)3/h16-19,23-26H,2,4-15,20-21H2,1,3H3,(H,31,33). The number of benzene rings is 1. The molecule has 0 atom stereocenters. The van der Waals surface area contributed by atoms with E-state index in [2.05, 4.69) is 31.0 Å². The number of amides is 1. The second-order valence-corrected chi connectivity index (χ2v) is 10.7. The van der Waals surface area contributed by atoms with E-state index in [1.165, 1.54) is 82.6 Å². The van der Waals surface area contributed by atoms with Crippen LogP contribution in [0.4, 0.5) is 4.79 Å². The van der Waals surface area contributed by atoms with Gasteiger partial charge in [0.15, 0.2) is 0 Å². The minimum absolute atomic E-state index is 0.0861. The molecule has 0 radical (unpaired) electrons. The number of unbranched alkanes of at least 4 members (excludes halogenated alkanes) is 2. The number of hydrogen-bond donors (Lipinski definition) is 1. The smallest absolute Gasteiger partial charge is 0.412 e. The summed E-state index contributed by atoms with van der Waals surface area (Å²) in [6.07, 6.45) is 16.1. The van der Waals surface area contributed by atoms with Crippen molar-refractivity contribution in [2.24, 2.45) is 17.8 Å². The topological polar surface area (TPSA) is 64.6 Å². The fourth-order valence-electron chi connectivity index (χ4n) is 5.93. The van der Waals surface area contributed by atoms with Gasteiger partial charge in [0, 0.05) is 5.57 Å². The van der Waals surface area contributed by atoms with E-state index in [1.54, 1.807) is 6.92 Å². The monoisotopic (exact) mass is 483 g/mol. The number of carbonyl (C=O) groups excluding carboxylic acids is 2. The first kappa shape index (κ1) is 27.3. The summed E-state index contributed by atoms with van der Waals surface area (Å²) in [6.45, 7) is 7.68. The van der Waals surface area contributed by atoms with Gasteiger partial charge < -0.3 is 14.8 Å².